The molecule has 0 aliphatic rings. The van der Waals surface area contributed by atoms with Crippen LogP contribution in [0, 0.1) is 17.0 Å². The van der Waals surface area contributed by atoms with Crippen LogP contribution in [0.15, 0.2) is 6.07 Å². The second-order valence-electron chi connectivity index (χ2n) is 2.92. The van der Waals surface area contributed by atoms with E-state index in [1.54, 1.807) is 0 Å². The molecule has 0 bridgehead atoms. The molecule has 16 heavy (non-hydrogen) atoms. The van der Waals surface area contributed by atoms with Crippen LogP contribution in [0.25, 0.3) is 0 Å². The lowest BCUT2D eigenvalue weighted by Crippen LogP contribution is -2.08. The molecule has 1 N–H and O–H groups in total. The summed E-state index contributed by atoms with van der Waals surface area (Å²) < 4.78 is 24.7. The molecule has 0 amide bonds. The molecule has 1 aromatic rings. The van der Waals surface area contributed by atoms with Crippen LogP contribution in [0.5, 0.6) is 0 Å². The topological polar surface area (TPSA) is 93.3 Å². The van der Waals surface area contributed by atoms with E-state index in [9.17, 15) is 23.7 Å². The number of carboxylic acids is 1. The van der Waals surface area contributed by atoms with E-state index >= 15 is 0 Å². The highest BCUT2D eigenvalue weighted by atomic mass is 19.3. The number of carbonyl (C=O) groups is 1. The molecular formula is C8H6F2N2O4. The number of rotatable bonds is 3. The zero-order chi connectivity index (χ0) is 12.5. The number of aromatic carboxylic acids is 1. The van der Waals surface area contributed by atoms with Gasteiger partial charge < -0.3 is 15.2 Å². The van der Waals surface area contributed by atoms with E-state index in [-0.39, 0.29) is 5.56 Å². The Morgan fingerprint density at radius 1 is 1.62 bits per heavy atom. The van der Waals surface area contributed by atoms with Crippen molar-refractivity contribution in [3.63, 3.8) is 0 Å². The monoisotopic (exact) mass is 232 g/mol. The Bertz CT molecular complexity index is 462. The largest absolute Gasteiger partial charge is 0.477 e. The van der Waals surface area contributed by atoms with Gasteiger partial charge in [-0.25, -0.2) is 13.6 Å². The van der Waals surface area contributed by atoms with Gasteiger partial charge >= 0.3 is 18.2 Å². The van der Waals surface area contributed by atoms with Crippen LogP contribution in [0.1, 0.15) is 28.0 Å². The summed E-state index contributed by atoms with van der Waals surface area (Å²) in [6.07, 6.45) is -2.98. The van der Waals surface area contributed by atoms with Crippen molar-refractivity contribution >= 4 is 11.8 Å². The quantitative estimate of drug-likeness (QED) is 0.634. The first kappa shape index (κ1) is 12.0. The first-order valence-corrected chi connectivity index (χ1v) is 4.02. The van der Waals surface area contributed by atoms with Crippen LogP contribution >= 0.6 is 0 Å². The number of nitrogens with zero attached hydrogens (tertiary/aromatic N) is 2. The maximum Gasteiger partial charge on any atom is 0.378 e. The molecule has 0 atom stereocenters. The Morgan fingerprint density at radius 2 is 2.19 bits per heavy atom. The predicted octanol–water partition coefficient (Wildman–Crippen LogP) is 1.93. The third-order valence-corrected chi connectivity index (χ3v) is 1.84. The van der Waals surface area contributed by atoms with Gasteiger partial charge in [0.1, 0.15) is 0 Å². The summed E-state index contributed by atoms with van der Waals surface area (Å²) in [6.45, 7) is 1.21. The molecule has 0 spiro atoms. The number of hydrogen-bond acceptors (Lipinski definition) is 4. The van der Waals surface area contributed by atoms with Gasteiger partial charge in [-0.2, -0.15) is 0 Å². The maximum absolute atomic E-state index is 12.4. The maximum atomic E-state index is 12.4. The molecular weight excluding hydrogens is 226 g/mol. The highest BCUT2D eigenvalue weighted by molar-refractivity contribution is 5.91. The van der Waals surface area contributed by atoms with E-state index in [1.165, 1.54) is 6.92 Å². The van der Waals surface area contributed by atoms with Gasteiger partial charge in [-0.3, -0.25) is 0 Å². The normalized spacial score (nSPS) is 10.5. The number of pyridine rings is 1. The fraction of sp³-hybridized carbons (Fsp3) is 0.250. The summed E-state index contributed by atoms with van der Waals surface area (Å²) in [5.74, 6) is -2.66. The summed E-state index contributed by atoms with van der Waals surface area (Å²) in [6, 6.07) is 0.814. The van der Waals surface area contributed by atoms with Crippen LogP contribution in [-0.2, 0) is 0 Å². The van der Waals surface area contributed by atoms with Gasteiger partial charge in [-0.15, -0.1) is 0 Å². The average molecular weight is 232 g/mol. The number of carboxylic acid groups (broad SMARTS) is 1. The van der Waals surface area contributed by atoms with Gasteiger partial charge in [-0.1, -0.05) is 0 Å². The molecule has 0 aromatic carbocycles. The molecule has 1 aromatic heterocycles. The number of nitro groups is 1. The third-order valence-electron chi connectivity index (χ3n) is 1.84. The summed E-state index contributed by atoms with van der Waals surface area (Å²) >= 11 is 0. The Balaban J connectivity index is 3.49. The van der Waals surface area contributed by atoms with E-state index in [4.69, 9.17) is 5.11 Å². The van der Waals surface area contributed by atoms with Crippen molar-refractivity contribution in [2.75, 3.05) is 0 Å². The second-order valence-corrected chi connectivity index (χ2v) is 2.92. The van der Waals surface area contributed by atoms with Crippen molar-refractivity contribution in [2.45, 2.75) is 13.3 Å². The van der Waals surface area contributed by atoms with Crippen molar-refractivity contribution in [1.82, 2.24) is 4.98 Å². The molecule has 86 valence electrons. The molecule has 0 aliphatic heterocycles. The first-order valence-electron chi connectivity index (χ1n) is 4.02. The van der Waals surface area contributed by atoms with Gasteiger partial charge in [0.05, 0.1) is 0 Å². The fourth-order valence-electron chi connectivity index (χ4n) is 1.13. The van der Waals surface area contributed by atoms with Crippen LogP contribution in [0.2, 0.25) is 0 Å². The van der Waals surface area contributed by atoms with Gasteiger partial charge in [-0.05, 0) is 22.9 Å². The molecule has 0 saturated carbocycles. The molecule has 6 nitrogen and oxygen atoms in total. The molecule has 1 rings (SSSR count). The van der Waals surface area contributed by atoms with Gasteiger partial charge in [0, 0.05) is 5.56 Å². The summed E-state index contributed by atoms with van der Waals surface area (Å²) in [7, 11) is 0. The minimum Gasteiger partial charge on any atom is -0.477 e. The Labute approximate surface area is 87.7 Å². The first-order chi connectivity index (χ1) is 7.34. The molecule has 1 heterocycles. The van der Waals surface area contributed by atoms with Crippen molar-refractivity contribution in [3.05, 3.63) is 33.0 Å². The highest BCUT2D eigenvalue weighted by Gasteiger charge is 2.28. The van der Waals surface area contributed by atoms with Gasteiger partial charge in [0.15, 0.2) is 5.56 Å². The third kappa shape index (κ3) is 2.10. The molecule has 0 saturated heterocycles. The number of aromatic nitrogens is 1. The highest BCUT2D eigenvalue weighted by Crippen LogP contribution is 2.26. The van der Waals surface area contributed by atoms with E-state index in [2.05, 4.69) is 4.98 Å². The van der Waals surface area contributed by atoms with E-state index in [0.717, 1.165) is 6.07 Å². The summed E-state index contributed by atoms with van der Waals surface area (Å²) in [5.41, 5.74) is -1.58. The Kier molecular flexibility index (Phi) is 3.11. The summed E-state index contributed by atoms with van der Waals surface area (Å²) in [5, 5.41) is 19.1. The minimum absolute atomic E-state index is 0.0991. The minimum atomic E-state index is -2.98. The SMILES string of the molecule is Cc1cc(C(=O)O)c([N+](=O)[O-])nc1C(F)F. The van der Waals surface area contributed by atoms with Crippen LogP contribution in [-0.4, -0.2) is 21.0 Å². The number of hydrogen-bond donors (Lipinski definition) is 1. The summed E-state index contributed by atoms with van der Waals surface area (Å²) in [4.78, 5) is 23.0. The van der Waals surface area contributed by atoms with Crippen molar-refractivity contribution in [2.24, 2.45) is 0 Å². The van der Waals surface area contributed by atoms with Crippen molar-refractivity contribution in [1.29, 1.82) is 0 Å². The van der Waals surface area contributed by atoms with E-state index in [0.29, 0.717) is 0 Å². The van der Waals surface area contributed by atoms with Crippen molar-refractivity contribution in [3.8, 4) is 0 Å². The zero-order valence-electron chi connectivity index (χ0n) is 7.98. The molecule has 0 aliphatic carbocycles. The fourth-order valence-corrected chi connectivity index (χ4v) is 1.13. The van der Waals surface area contributed by atoms with Crippen LogP contribution in [0.3, 0.4) is 0 Å². The number of halogens is 2. The lowest BCUT2D eigenvalue weighted by molar-refractivity contribution is -0.390. The Morgan fingerprint density at radius 3 is 2.56 bits per heavy atom. The van der Waals surface area contributed by atoms with Crippen molar-refractivity contribution < 1.29 is 23.6 Å². The van der Waals surface area contributed by atoms with Gasteiger partial charge in [0.25, 0.3) is 0 Å². The standard InChI is InChI=1S/C8H6F2N2O4/c1-3-2-4(8(13)14)7(12(15)16)11-5(3)6(9)10/h2,6H,1H3,(H,13,14). The predicted molar refractivity (Wildman–Crippen MR) is 47.5 cm³/mol. The van der Waals surface area contributed by atoms with Crippen LogP contribution in [0.4, 0.5) is 14.6 Å². The van der Waals surface area contributed by atoms with E-state index in [1.807, 2.05) is 0 Å². The molecule has 8 heteroatoms. The zero-order valence-corrected chi connectivity index (χ0v) is 7.98. The molecule has 0 radical (unpaired) electrons. The molecule has 0 fully saturated rings. The Hall–Kier alpha value is -2.12. The number of aryl methyl sites for hydroxylation is 1. The van der Waals surface area contributed by atoms with Crippen LogP contribution < -0.4 is 0 Å². The average Bonchev–Trinajstić information content (AvgIpc) is 2.15. The van der Waals surface area contributed by atoms with Gasteiger partial charge in [0.2, 0.25) is 5.69 Å². The lowest BCUT2D eigenvalue weighted by atomic mass is 10.1. The number of alkyl halides is 2. The lowest BCUT2D eigenvalue weighted by Gasteiger charge is -2.02. The smallest absolute Gasteiger partial charge is 0.378 e. The van der Waals surface area contributed by atoms with E-state index < -0.39 is 34.4 Å². The second kappa shape index (κ2) is 4.17. The molecule has 0 unspecified atom stereocenters.